The highest BCUT2D eigenvalue weighted by Crippen LogP contribution is 2.62. The van der Waals surface area contributed by atoms with Gasteiger partial charge in [-0.25, -0.2) is 4.57 Å². The Labute approximate surface area is 177 Å². The van der Waals surface area contributed by atoms with Gasteiger partial charge in [0, 0.05) is 22.8 Å². The van der Waals surface area contributed by atoms with Crippen molar-refractivity contribution in [1.29, 1.82) is 0 Å². The molecule has 0 saturated carbocycles. The summed E-state index contributed by atoms with van der Waals surface area (Å²) in [6.45, 7) is 9.71. The Balaban J connectivity index is 2.10. The summed E-state index contributed by atoms with van der Waals surface area (Å²) in [5.74, 6) is -0.683. The van der Waals surface area contributed by atoms with Crippen LogP contribution in [0, 0.1) is 11.8 Å². The van der Waals surface area contributed by atoms with Gasteiger partial charge in [0.05, 0.1) is 41.4 Å². The maximum atomic E-state index is 13.0. The average molecular weight is 512 g/mol. The van der Waals surface area contributed by atoms with Crippen molar-refractivity contribution in [3.8, 4) is 0 Å². The van der Waals surface area contributed by atoms with E-state index >= 15 is 0 Å². The van der Waals surface area contributed by atoms with Crippen molar-refractivity contribution in [3.05, 3.63) is 0 Å². The van der Waals surface area contributed by atoms with E-state index in [0.717, 1.165) is 0 Å². The van der Waals surface area contributed by atoms with Gasteiger partial charge in [0.25, 0.3) is 0 Å². The number of hydrogen-bond acceptors (Lipinski definition) is 7. The Hall–Kier alpha value is 0.850. The standard InChI is InChI=1S/C16H28B2IO7P/c1-9-11(21)14(4,26-15(9,5)17)8-23-27(19,22)24-12-10(2)16(6,18)25-13(12,3)7-20/h9-12,20-21H,7-8H2,1-6H3/t9?,10?,11?,12?,13-,14?,15-,16-,27-/m1/s1. The highest BCUT2D eigenvalue weighted by molar-refractivity contribution is 14.2. The van der Waals surface area contributed by atoms with Gasteiger partial charge in [-0.1, -0.05) is 13.8 Å². The molecule has 0 bridgehead atoms. The van der Waals surface area contributed by atoms with Gasteiger partial charge in [0.1, 0.15) is 33.0 Å². The molecule has 2 aliphatic rings. The lowest BCUT2D eigenvalue weighted by Crippen LogP contribution is -2.44. The molecule has 0 aliphatic carbocycles. The lowest BCUT2D eigenvalue weighted by Gasteiger charge is -2.33. The predicted octanol–water partition coefficient (Wildman–Crippen LogP) is 1.90. The molecule has 2 fully saturated rings. The van der Waals surface area contributed by atoms with Gasteiger partial charge in [-0.3, -0.25) is 9.05 Å². The fraction of sp³-hybridized carbons (Fsp3) is 1.00. The first-order chi connectivity index (χ1) is 12.0. The highest BCUT2D eigenvalue weighted by atomic mass is 127. The first-order valence-electron chi connectivity index (χ1n) is 8.89. The second-order valence-corrected chi connectivity index (χ2v) is 13.5. The normalized spacial score (nSPS) is 52.8. The molecule has 0 aromatic rings. The number of halogens is 1. The van der Waals surface area contributed by atoms with Crippen LogP contribution in [0.5, 0.6) is 0 Å². The van der Waals surface area contributed by atoms with Crippen molar-refractivity contribution in [2.24, 2.45) is 11.8 Å². The van der Waals surface area contributed by atoms with Crippen molar-refractivity contribution >= 4 is 43.0 Å². The van der Waals surface area contributed by atoms with E-state index in [2.05, 4.69) is 0 Å². The summed E-state index contributed by atoms with van der Waals surface area (Å²) in [7, 11) is 12.2. The molecule has 0 amide bonds. The summed E-state index contributed by atoms with van der Waals surface area (Å²) in [6.07, 6.45) is -1.64. The topological polar surface area (TPSA) is 94.5 Å². The zero-order valence-electron chi connectivity index (χ0n) is 16.6. The van der Waals surface area contributed by atoms with Gasteiger partial charge in [0.15, 0.2) is 0 Å². The number of rotatable bonds is 6. The van der Waals surface area contributed by atoms with E-state index in [1.54, 1.807) is 63.6 Å². The van der Waals surface area contributed by atoms with Crippen LogP contribution < -0.4 is 0 Å². The van der Waals surface area contributed by atoms with Crippen LogP contribution in [0.4, 0.5) is 0 Å². The van der Waals surface area contributed by atoms with Gasteiger partial charge in [-0.15, -0.1) is 0 Å². The third-order valence-electron chi connectivity index (χ3n) is 5.93. The molecule has 2 N–H and O–H groups in total. The molecule has 0 spiro atoms. The minimum absolute atomic E-state index is 0.177. The molecule has 2 heterocycles. The first kappa shape index (κ1) is 24.1. The molecule has 9 atom stereocenters. The maximum Gasteiger partial charge on any atom is 0.389 e. The van der Waals surface area contributed by atoms with Crippen molar-refractivity contribution in [2.45, 2.75) is 76.0 Å². The number of aliphatic hydroxyl groups excluding tert-OH is 2. The third-order valence-corrected chi connectivity index (χ3v) is 8.36. The Morgan fingerprint density at radius 1 is 1.07 bits per heavy atom. The summed E-state index contributed by atoms with van der Waals surface area (Å²) >= 11 is 1.60. The second-order valence-electron chi connectivity index (χ2n) is 8.61. The summed E-state index contributed by atoms with van der Waals surface area (Å²) < 4.78 is 35.8. The van der Waals surface area contributed by atoms with Gasteiger partial charge in [0.2, 0.25) is 0 Å². The largest absolute Gasteiger partial charge is 0.393 e. The van der Waals surface area contributed by atoms with E-state index in [-0.39, 0.29) is 25.0 Å². The van der Waals surface area contributed by atoms with Crippen LogP contribution >= 0.6 is 27.3 Å². The molecule has 2 rings (SSSR count). The van der Waals surface area contributed by atoms with E-state index in [1.807, 2.05) is 0 Å². The quantitative estimate of drug-likeness (QED) is 0.319. The lowest BCUT2D eigenvalue weighted by atomic mass is 9.72. The molecule has 11 heteroatoms. The second kappa shape index (κ2) is 7.52. The summed E-state index contributed by atoms with van der Waals surface area (Å²) in [4.78, 5) is 0. The molecule has 0 aromatic heterocycles. The number of hydrogen-bond donors (Lipinski definition) is 2. The highest BCUT2D eigenvalue weighted by Gasteiger charge is 2.57. The summed E-state index contributed by atoms with van der Waals surface area (Å²) in [5.41, 5.74) is -4.33. The van der Waals surface area contributed by atoms with E-state index < -0.39 is 39.6 Å². The molecule has 5 unspecified atom stereocenters. The van der Waals surface area contributed by atoms with Crippen LogP contribution in [0.2, 0.25) is 0 Å². The third kappa shape index (κ3) is 4.63. The van der Waals surface area contributed by atoms with E-state index in [4.69, 9.17) is 34.2 Å². The zero-order chi connectivity index (χ0) is 21.1. The fourth-order valence-electron chi connectivity index (χ4n) is 3.79. The summed E-state index contributed by atoms with van der Waals surface area (Å²) in [6, 6.07) is 0. The van der Waals surface area contributed by atoms with Gasteiger partial charge in [-0.2, -0.15) is 0 Å². The Bertz CT molecular complexity index is 622. The predicted molar refractivity (Wildman–Crippen MR) is 111 cm³/mol. The van der Waals surface area contributed by atoms with Gasteiger partial charge in [-0.05, 0) is 27.7 Å². The van der Waals surface area contributed by atoms with Gasteiger partial charge < -0.3 is 19.7 Å². The fourth-order valence-corrected chi connectivity index (χ4v) is 6.09. The molecule has 2 saturated heterocycles. The zero-order valence-corrected chi connectivity index (χ0v) is 19.7. The van der Waals surface area contributed by atoms with E-state index in [0.29, 0.717) is 0 Å². The molecule has 2 aliphatic heterocycles. The Morgan fingerprint density at radius 3 is 2.00 bits per heavy atom. The van der Waals surface area contributed by atoms with Crippen molar-refractivity contribution in [2.75, 3.05) is 13.2 Å². The average Bonchev–Trinajstić information content (AvgIpc) is 2.80. The molecular formula is C16H28B2IO7P. The van der Waals surface area contributed by atoms with Gasteiger partial charge >= 0.3 is 5.24 Å². The SMILES string of the molecule is [B][C@]1(C)OC(C)(CO[P@](=O)(I)OC2C(C)[C@@]([B])(C)O[C@]2(C)CO)C(O)C1C. The van der Waals surface area contributed by atoms with Crippen LogP contribution in [-0.2, 0) is 23.1 Å². The Morgan fingerprint density at radius 2 is 1.56 bits per heavy atom. The molecule has 7 nitrogen and oxygen atoms in total. The van der Waals surface area contributed by atoms with Crippen LogP contribution in [0.25, 0.3) is 0 Å². The Kier molecular flexibility index (Phi) is 6.72. The van der Waals surface area contributed by atoms with Crippen LogP contribution in [0.3, 0.4) is 0 Å². The number of ether oxygens (including phenoxy) is 2. The molecule has 152 valence electrons. The van der Waals surface area contributed by atoms with Crippen LogP contribution in [0.1, 0.15) is 41.5 Å². The number of aliphatic hydroxyl groups is 2. The van der Waals surface area contributed by atoms with E-state index in [9.17, 15) is 14.8 Å². The van der Waals surface area contributed by atoms with Crippen molar-refractivity contribution in [1.82, 2.24) is 0 Å². The maximum absolute atomic E-state index is 13.0. The molecule has 27 heavy (non-hydrogen) atoms. The van der Waals surface area contributed by atoms with Crippen molar-refractivity contribution in [3.63, 3.8) is 0 Å². The van der Waals surface area contributed by atoms with E-state index in [1.165, 1.54) is 0 Å². The summed E-state index contributed by atoms with van der Waals surface area (Å²) in [5, 5.41) is 16.6. The molecule has 0 aromatic carbocycles. The van der Waals surface area contributed by atoms with Crippen molar-refractivity contribution < 1.29 is 33.3 Å². The van der Waals surface area contributed by atoms with Crippen LogP contribution in [0.15, 0.2) is 0 Å². The monoisotopic (exact) mass is 512 g/mol. The minimum Gasteiger partial charge on any atom is -0.393 e. The molecular weight excluding hydrogens is 484 g/mol. The lowest BCUT2D eigenvalue weighted by molar-refractivity contribution is -0.110. The molecule has 4 radical (unpaired) electrons. The van der Waals surface area contributed by atoms with Crippen LogP contribution in [-0.4, -0.2) is 73.5 Å². The first-order valence-corrected chi connectivity index (χ1v) is 13.2. The smallest absolute Gasteiger partial charge is 0.389 e. The minimum atomic E-state index is -3.62.